The first-order valence-corrected chi connectivity index (χ1v) is 10.2. The number of nitrogen functional groups attached to an aromatic ring is 1. The Morgan fingerprint density at radius 2 is 1.79 bits per heavy atom. The maximum atomic E-state index is 12.5. The third-order valence-electron chi connectivity index (χ3n) is 4.46. The van der Waals surface area contributed by atoms with Crippen molar-refractivity contribution < 1.29 is 9.53 Å². The van der Waals surface area contributed by atoms with E-state index in [1.165, 1.54) is 16.4 Å². The molecule has 8 heteroatoms. The minimum absolute atomic E-state index is 0.129. The molecule has 0 aliphatic rings. The van der Waals surface area contributed by atoms with E-state index in [0.717, 1.165) is 28.1 Å². The molecule has 3 aromatic rings. The van der Waals surface area contributed by atoms with Crippen LogP contribution in [0.5, 0.6) is 5.75 Å². The predicted molar refractivity (Wildman–Crippen MR) is 116 cm³/mol. The highest BCUT2D eigenvalue weighted by molar-refractivity contribution is 8.00. The average molecular weight is 412 g/mol. The fourth-order valence-corrected chi connectivity index (χ4v) is 3.53. The molecule has 3 rings (SSSR count). The van der Waals surface area contributed by atoms with Crippen LogP contribution < -0.4 is 15.9 Å². The van der Waals surface area contributed by atoms with Crippen LogP contribution in [0.4, 0.5) is 5.69 Å². The average Bonchev–Trinajstić information content (AvgIpc) is 3.03. The molecule has 29 heavy (non-hydrogen) atoms. The van der Waals surface area contributed by atoms with Crippen LogP contribution in [0.2, 0.25) is 0 Å². The molecule has 0 saturated heterocycles. The predicted octanol–water partition coefficient (Wildman–Crippen LogP) is 3.62. The summed E-state index contributed by atoms with van der Waals surface area (Å²) >= 11 is 1.25. The SMILES string of the molecule is Cc1ccc(NC(=O)[C@@H](C)Sc2nnc(COc3c(C)cccc3C)n2N)cc1. The molecule has 3 N–H and O–H groups in total. The first-order valence-electron chi connectivity index (χ1n) is 9.27. The van der Waals surface area contributed by atoms with Crippen molar-refractivity contribution in [3.05, 3.63) is 65.0 Å². The molecule has 7 nitrogen and oxygen atoms in total. The Bertz CT molecular complexity index is 981. The van der Waals surface area contributed by atoms with Crippen molar-refractivity contribution >= 4 is 23.4 Å². The van der Waals surface area contributed by atoms with Crippen molar-refractivity contribution in [1.29, 1.82) is 0 Å². The van der Waals surface area contributed by atoms with Crippen molar-refractivity contribution in [1.82, 2.24) is 14.9 Å². The van der Waals surface area contributed by atoms with Crippen LogP contribution in [0.25, 0.3) is 0 Å². The van der Waals surface area contributed by atoms with E-state index in [4.69, 9.17) is 10.6 Å². The van der Waals surface area contributed by atoms with Crippen molar-refractivity contribution in [3.63, 3.8) is 0 Å². The third-order valence-corrected chi connectivity index (χ3v) is 5.52. The summed E-state index contributed by atoms with van der Waals surface area (Å²) in [6.45, 7) is 7.98. The zero-order valence-corrected chi connectivity index (χ0v) is 17.8. The molecule has 0 fully saturated rings. The number of nitrogens with two attached hydrogens (primary N) is 1. The molecule has 2 aromatic carbocycles. The lowest BCUT2D eigenvalue weighted by molar-refractivity contribution is -0.115. The molecule has 0 saturated carbocycles. The van der Waals surface area contributed by atoms with Crippen molar-refractivity contribution in [2.24, 2.45) is 0 Å². The number of aryl methyl sites for hydroxylation is 3. The lowest BCUT2D eigenvalue weighted by atomic mass is 10.1. The number of benzene rings is 2. The summed E-state index contributed by atoms with van der Waals surface area (Å²) in [5.74, 6) is 7.29. The number of nitrogens with zero attached hydrogens (tertiary/aromatic N) is 3. The Kier molecular flexibility index (Phi) is 6.43. The summed E-state index contributed by atoms with van der Waals surface area (Å²) in [6, 6.07) is 13.6. The molecular formula is C21H25N5O2S. The quantitative estimate of drug-likeness (QED) is 0.455. The molecule has 1 amide bonds. The number of hydrogen-bond acceptors (Lipinski definition) is 6. The van der Waals surface area contributed by atoms with Crippen molar-refractivity contribution in [2.45, 2.75) is 44.7 Å². The van der Waals surface area contributed by atoms with Crippen molar-refractivity contribution in [3.8, 4) is 5.75 Å². The van der Waals surface area contributed by atoms with E-state index in [9.17, 15) is 4.79 Å². The van der Waals surface area contributed by atoms with E-state index in [0.29, 0.717) is 11.0 Å². The number of ether oxygens (including phenoxy) is 1. The van der Waals surface area contributed by atoms with Gasteiger partial charge in [0.2, 0.25) is 11.1 Å². The Morgan fingerprint density at radius 1 is 1.14 bits per heavy atom. The van der Waals surface area contributed by atoms with Gasteiger partial charge in [0.05, 0.1) is 5.25 Å². The fraction of sp³-hybridized carbons (Fsp3) is 0.286. The van der Waals surface area contributed by atoms with Gasteiger partial charge >= 0.3 is 0 Å². The zero-order chi connectivity index (χ0) is 21.0. The molecule has 0 spiro atoms. The third kappa shape index (κ3) is 5.08. The second-order valence-corrected chi connectivity index (χ2v) is 8.20. The Balaban J connectivity index is 1.61. The van der Waals surface area contributed by atoms with Gasteiger partial charge in [0.15, 0.2) is 5.82 Å². The fourth-order valence-electron chi connectivity index (χ4n) is 2.74. The van der Waals surface area contributed by atoms with Crippen LogP contribution in [0, 0.1) is 20.8 Å². The first kappa shape index (κ1) is 20.7. The Hall–Kier alpha value is -3.00. The highest BCUT2D eigenvalue weighted by Gasteiger charge is 2.20. The summed E-state index contributed by atoms with van der Waals surface area (Å²) in [5.41, 5.74) is 3.98. The van der Waals surface area contributed by atoms with Crippen LogP contribution in [0.1, 0.15) is 29.4 Å². The molecule has 152 valence electrons. The number of anilines is 1. The highest BCUT2D eigenvalue weighted by Crippen LogP contribution is 2.25. The molecule has 1 atom stereocenters. The smallest absolute Gasteiger partial charge is 0.237 e. The second kappa shape index (κ2) is 9.00. The van der Waals surface area contributed by atoms with E-state index in [-0.39, 0.29) is 12.5 Å². The molecule has 0 aliphatic carbocycles. The Labute approximate surface area is 174 Å². The molecular weight excluding hydrogens is 386 g/mol. The number of thioether (sulfide) groups is 1. The number of carbonyl (C=O) groups excluding carboxylic acids is 1. The van der Waals surface area contributed by atoms with Gasteiger partial charge in [-0.25, -0.2) is 4.68 Å². The number of aromatic nitrogens is 3. The molecule has 1 heterocycles. The zero-order valence-electron chi connectivity index (χ0n) is 17.0. The number of rotatable bonds is 7. The van der Waals surface area contributed by atoms with Gasteiger partial charge in [-0.1, -0.05) is 47.7 Å². The van der Waals surface area contributed by atoms with Gasteiger partial charge in [-0.05, 0) is 51.0 Å². The second-order valence-electron chi connectivity index (χ2n) is 6.89. The molecule has 0 aliphatic heterocycles. The normalized spacial score (nSPS) is 11.9. The van der Waals surface area contributed by atoms with Gasteiger partial charge < -0.3 is 15.9 Å². The maximum Gasteiger partial charge on any atom is 0.237 e. The molecule has 0 bridgehead atoms. The van der Waals surface area contributed by atoms with Crippen LogP contribution in [0.15, 0.2) is 47.6 Å². The van der Waals surface area contributed by atoms with Crippen LogP contribution in [-0.4, -0.2) is 26.0 Å². The van der Waals surface area contributed by atoms with Gasteiger partial charge in [-0.15, -0.1) is 10.2 Å². The van der Waals surface area contributed by atoms with E-state index < -0.39 is 5.25 Å². The summed E-state index contributed by atoms with van der Waals surface area (Å²) in [5, 5.41) is 11.2. The molecule has 0 unspecified atom stereocenters. The molecule has 1 aromatic heterocycles. The van der Waals surface area contributed by atoms with E-state index in [1.54, 1.807) is 6.92 Å². The lowest BCUT2D eigenvalue weighted by Gasteiger charge is -2.13. The van der Waals surface area contributed by atoms with Crippen LogP contribution in [0.3, 0.4) is 0 Å². The van der Waals surface area contributed by atoms with E-state index in [2.05, 4.69) is 15.5 Å². The maximum absolute atomic E-state index is 12.5. The monoisotopic (exact) mass is 411 g/mol. The summed E-state index contributed by atoms with van der Waals surface area (Å²) < 4.78 is 7.27. The van der Waals surface area contributed by atoms with Gasteiger partial charge in [0.1, 0.15) is 12.4 Å². The summed E-state index contributed by atoms with van der Waals surface area (Å²) in [6.07, 6.45) is 0. The highest BCUT2D eigenvalue weighted by atomic mass is 32.2. The standard InChI is InChI=1S/C21H25N5O2S/c1-13-8-10-17(11-9-13)23-20(27)16(4)29-21-25-24-18(26(21)22)12-28-19-14(2)6-5-7-15(19)3/h5-11,16H,12,22H2,1-4H3,(H,23,27)/t16-/m1/s1. The van der Waals surface area contributed by atoms with Gasteiger partial charge in [-0.2, -0.15) is 0 Å². The number of amides is 1. The minimum Gasteiger partial charge on any atom is -0.485 e. The molecule has 0 radical (unpaired) electrons. The Morgan fingerprint density at radius 3 is 2.45 bits per heavy atom. The van der Waals surface area contributed by atoms with E-state index >= 15 is 0 Å². The summed E-state index contributed by atoms with van der Waals surface area (Å²) in [7, 11) is 0. The van der Waals surface area contributed by atoms with Crippen LogP contribution in [-0.2, 0) is 11.4 Å². The number of carbonyl (C=O) groups is 1. The number of hydrogen-bond donors (Lipinski definition) is 2. The van der Waals surface area contributed by atoms with Crippen LogP contribution >= 0.6 is 11.8 Å². The van der Waals surface area contributed by atoms with Gasteiger partial charge in [0.25, 0.3) is 0 Å². The van der Waals surface area contributed by atoms with Crippen molar-refractivity contribution in [2.75, 3.05) is 11.2 Å². The number of para-hydroxylation sites is 1. The minimum atomic E-state index is -0.393. The van der Waals surface area contributed by atoms with E-state index in [1.807, 2.05) is 63.2 Å². The lowest BCUT2D eigenvalue weighted by Crippen LogP contribution is -2.24. The van der Waals surface area contributed by atoms with Gasteiger partial charge in [-0.3, -0.25) is 4.79 Å². The number of nitrogens with one attached hydrogen (secondary N) is 1. The topological polar surface area (TPSA) is 95.1 Å². The van der Waals surface area contributed by atoms with Gasteiger partial charge in [0, 0.05) is 5.69 Å². The first-order chi connectivity index (χ1) is 13.8. The largest absolute Gasteiger partial charge is 0.485 e. The summed E-state index contributed by atoms with van der Waals surface area (Å²) in [4.78, 5) is 12.5.